The maximum atomic E-state index is 4.81. The van der Waals surface area contributed by atoms with Crippen LogP contribution >= 0.6 is 0 Å². The van der Waals surface area contributed by atoms with Gasteiger partial charge in [0.05, 0.1) is 0 Å². The number of nitrogens with zero attached hydrogens (tertiary/aromatic N) is 2. The molecule has 0 amide bonds. The third-order valence-electron chi connectivity index (χ3n) is 9.94. The van der Waals surface area contributed by atoms with Crippen LogP contribution in [-0.2, 0) is 20.3 Å². The van der Waals surface area contributed by atoms with E-state index in [2.05, 4.69) is 102 Å². The van der Waals surface area contributed by atoms with Crippen LogP contribution in [0.4, 0.5) is 0 Å². The average molecular weight is 687 g/mol. The summed E-state index contributed by atoms with van der Waals surface area (Å²) in [6, 6.07) is 22.6. The molecule has 2 aromatic heterocycles. The smallest absolute Gasteiger partial charge is 1.00 e. The monoisotopic (exact) mass is 684 g/mol. The second-order valence-electron chi connectivity index (χ2n) is 13.3. The Morgan fingerprint density at radius 1 is 0.628 bits per heavy atom. The van der Waals surface area contributed by atoms with Crippen molar-refractivity contribution in [1.29, 1.82) is 0 Å². The summed E-state index contributed by atoms with van der Waals surface area (Å²) in [7, 11) is 0. The van der Waals surface area contributed by atoms with Gasteiger partial charge in [0.15, 0.2) is 0 Å². The van der Waals surface area contributed by atoms with Gasteiger partial charge in [0.25, 0.3) is 0 Å². The van der Waals surface area contributed by atoms with E-state index in [0.717, 1.165) is 11.4 Å². The number of hydrogen-bond donors (Lipinski definition) is 0. The molecule has 4 aromatic rings. The summed E-state index contributed by atoms with van der Waals surface area (Å²) in [6.45, 7) is 14.2. The average Bonchev–Trinajstić information content (AvgIpc) is 3.56. The van der Waals surface area contributed by atoms with Gasteiger partial charge in [-0.2, -0.15) is 0 Å². The van der Waals surface area contributed by atoms with Crippen LogP contribution in [0.1, 0.15) is 94.0 Å². The summed E-state index contributed by atoms with van der Waals surface area (Å²) >= 11 is -2.76. The fourth-order valence-corrected chi connectivity index (χ4v) is 25.5. The minimum absolute atomic E-state index is 0. The third kappa shape index (κ3) is 5.34. The zero-order chi connectivity index (χ0) is 28.5. The van der Waals surface area contributed by atoms with Crippen LogP contribution in [0.3, 0.4) is 0 Å². The second-order valence-corrected chi connectivity index (χ2v) is 24.6. The molecular formula is C38H40Cl2N2Zr. The summed E-state index contributed by atoms with van der Waals surface area (Å²) < 4.78 is 4.19. The molecule has 2 atom stereocenters. The Balaban J connectivity index is 0.00000184. The number of allylic oxidation sites excluding steroid dienone is 2. The predicted molar refractivity (Wildman–Crippen MR) is 170 cm³/mol. The molecule has 43 heavy (non-hydrogen) atoms. The molecule has 0 radical (unpaired) electrons. The zero-order valence-corrected chi connectivity index (χ0v) is 29.9. The summed E-state index contributed by atoms with van der Waals surface area (Å²) in [5.74, 6) is 0.969. The van der Waals surface area contributed by atoms with Crippen molar-refractivity contribution in [3.63, 3.8) is 0 Å². The Bertz CT molecular complexity index is 1600. The number of hydrogen-bond acceptors (Lipinski definition) is 2. The van der Waals surface area contributed by atoms with Gasteiger partial charge in [-0.15, -0.1) is 0 Å². The van der Waals surface area contributed by atoms with E-state index in [1.807, 2.05) is 24.5 Å². The summed E-state index contributed by atoms with van der Waals surface area (Å²) in [6.07, 6.45) is 8.93. The van der Waals surface area contributed by atoms with Gasteiger partial charge < -0.3 is 24.8 Å². The van der Waals surface area contributed by atoms with Gasteiger partial charge in [-0.3, -0.25) is 0 Å². The zero-order valence-electron chi connectivity index (χ0n) is 26.0. The molecule has 0 saturated carbocycles. The van der Waals surface area contributed by atoms with Crippen molar-refractivity contribution in [2.24, 2.45) is 0 Å². The molecule has 2 unspecified atom stereocenters. The number of rotatable bonds is 6. The predicted octanol–water partition coefficient (Wildman–Crippen LogP) is 4.69. The van der Waals surface area contributed by atoms with Gasteiger partial charge in [0.2, 0.25) is 0 Å². The fourth-order valence-electron chi connectivity index (χ4n) is 7.86. The normalized spacial score (nSPS) is 18.5. The standard InChI is InChI=1S/2C18H18N.C2H4.2ClH.Zr/c2*1-12(2)14-10-15-8-13(3)9-16(15)17(11-14)18-6-4-5-7-19-18;1-2;;;/h2*4-12H,1-3H3;1-2H2;2*1H;/q;;;;;+2/p-2. The molecule has 7 rings (SSSR count). The quantitative estimate of drug-likeness (QED) is 0.295. The summed E-state index contributed by atoms with van der Waals surface area (Å²) in [5, 5.41) is 0. The number of pyridine rings is 2. The van der Waals surface area contributed by atoms with Gasteiger partial charge in [-0.25, -0.2) is 0 Å². The van der Waals surface area contributed by atoms with Crippen molar-refractivity contribution in [1.82, 2.24) is 9.97 Å². The van der Waals surface area contributed by atoms with Crippen molar-refractivity contribution in [2.45, 2.75) is 68.9 Å². The van der Waals surface area contributed by atoms with Crippen LogP contribution in [0.25, 0.3) is 34.7 Å². The Hall–Kier alpha value is -2.32. The minimum Gasteiger partial charge on any atom is -1.00 e. The topological polar surface area (TPSA) is 25.8 Å². The van der Waals surface area contributed by atoms with Crippen molar-refractivity contribution in [2.75, 3.05) is 0 Å². The van der Waals surface area contributed by atoms with Crippen LogP contribution in [0.15, 0.2) is 84.2 Å². The Kier molecular flexibility index (Phi) is 9.13. The van der Waals surface area contributed by atoms with E-state index in [1.165, 1.54) is 41.6 Å². The van der Waals surface area contributed by atoms with Crippen LogP contribution in [0.2, 0.25) is 8.26 Å². The third-order valence-corrected chi connectivity index (χ3v) is 23.4. The van der Waals surface area contributed by atoms with Gasteiger partial charge in [-0.05, 0) is 0 Å². The first-order valence-corrected chi connectivity index (χ1v) is 21.6. The molecule has 2 aliphatic carbocycles. The first kappa shape index (κ1) is 32.1. The molecule has 5 heteroatoms. The van der Waals surface area contributed by atoms with E-state index in [-0.39, 0.29) is 24.8 Å². The van der Waals surface area contributed by atoms with E-state index < -0.39 is 20.3 Å². The van der Waals surface area contributed by atoms with E-state index in [4.69, 9.17) is 9.97 Å². The molecule has 220 valence electrons. The molecule has 3 heterocycles. The van der Waals surface area contributed by atoms with E-state index in [1.54, 1.807) is 22.3 Å². The van der Waals surface area contributed by atoms with Gasteiger partial charge in [0.1, 0.15) is 0 Å². The summed E-state index contributed by atoms with van der Waals surface area (Å²) in [5.41, 5.74) is 17.0. The molecule has 3 aliphatic rings. The van der Waals surface area contributed by atoms with Gasteiger partial charge in [0, 0.05) is 0 Å². The molecule has 2 aromatic carbocycles. The molecule has 0 N–H and O–H groups in total. The number of halogens is 2. The van der Waals surface area contributed by atoms with Crippen molar-refractivity contribution < 1.29 is 45.1 Å². The number of fused-ring (bicyclic) bond motifs is 2. The molecule has 2 nitrogen and oxygen atoms in total. The van der Waals surface area contributed by atoms with E-state index in [9.17, 15) is 0 Å². The van der Waals surface area contributed by atoms with Crippen molar-refractivity contribution >= 4 is 12.2 Å². The maximum absolute atomic E-state index is 4.81. The van der Waals surface area contributed by atoms with Crippen molar-refractivity contribution in [3.8, 4) is 22.5 Å². The van der Waals surface area contributed by atoms with E-state index in [0.29, 0.717) is 19.1 Å². The summed E-state index contributed by atoms with van der Waals surface area (Å²) in [4.78, 5) is 9.62. The second kappa shape index (κ2) is 12.2. The Morgan fingerprint density at radius 3 is 1.37 bits per heavy atom. The minimum atomic E-state index is -2.76. The van der Waals surface area contributed by atoms with E-state index >= 15 is 0 Å². The van der Waals surface area contributed by atoms with Crippen LogP contribution < -0.4 is 24.8 Å². The molecule has 0 spiro atoms. The molecule has 1 saturated heterocycles. The van der Waals surface area contributed by atoms with Crippen LogP contribution in [0.5, 0.6) is 0 Å². The number of aromatic nitrogens is 2. The molecule has 1 aliphatic heterocycles. The number of benzene rings is 2. The van der Waals surface area contributed by atoms with Crippen LogP contribution in [0, 0.1) is 0 Å². The molecule has 0 bridgehead atoms. The fraction of sp³-hybridized carbons (Fsp3) is 0.316. The first-order chi connectivity index (χ1) is 19.8. The van der Waals surface area contributed by atoms with Gasteiger partial charge in [-0.1, -0.05) is 0 Å². The Labute approximate surface area is 274 Å². The van der Waals surface area contributed by atoms with Gasteiger partial charge >= 0.3 is 251 Å². The van der Waals surface area contributed by atoms with Crippen molar-refractivity contribution in [3.05, 3.63) is 118 Å². The van der Waals surface area contributed by atoms with Crippen LogP contribution in [-0.4, -0.2) is 9.97 Å². The largest absolute Gasteiger partial charge is 1.00 e. The maximum Gasteiger partial charge on any atom is -1.00 e. The Morgan fingerprint density at radius 2 is 1.05 bits per heavy atom. The molecular weight excluding hydrogens is 647 g/mol. The molecule has 1 fully saturated rings. The first-order valence-electron chi connectivity index (χ1n) is 15.3. The SMILES string of the molecule is CC1=Cc2c(-c3ccccn3)cc(C(C)C)cc2[CH]1[Zr+2]1([CH]2C(C)=Cc3c(-c4ccccn4)cc(C(C)C)cc32)[CH2][CH2]1.[Cl-].[Cl-].